The highest BCUT2D eigenvalue weighted by molar-refractivity contribution is 7.98. The number of unbranched alkanes of at least 4 members (excludes halogenated alkanes) is 2. The molecule has 0 saturated heterocycles. The lowest BCUT2D eigenvalue weighted by Crippen LogP contribution is -2.70. The minimum absolute atomic E-state index is 0.0138. The van der Waals surface area contributed by atoms with Crippen molar-refractivity contribution in [2.45, 2.75) is 113 Å². The molecule has 0 bridgehead atoms. The largest absolute Gasteiger partial charge is 0.459 e. The molecule has 0 unspecified atom stereocenters. The van der Waals surface area contributed by atoms with Gasteiger partial charge in [0.2, 0.25) is 11.7 Å². The number of hydrogen-bond acceptors (Lipinski definition) is 13. The van der Waals surface area contributed by atoms with Crippen LogP contribution in [0.25, 0.3) is 0 Å². The number of hydrogen-bond donors (Lipinski definition) is 3. The topological polar surface area (TPSA) is 183 Å². The third kappa shape index (κ3) is 12.3. The third-order valence-electron chi connectivity index (χ3n) is 14.1. The van der Waals surface area contributed by atoms with Crippen molar-refractivity contribution in [1.29, 1.82) is 0 Å². The van der Waals surface area contributed by atoms with E-state index in [-0.39, 0.29) is 88.6 Å². The Morgan fingerprint density at radius 2 is 1.69 bits per heavy atom. The first kappa shape index (κ1) is 51.1. The predicted octanol–water partition coefficient (Wildman–Crippen LogP) is 9.75. The number of benzene rings is 3. The van der Waals surface area contributed by atoms with E-state index < -0.39 is 22.7 Å². The molecule has 3 N–H and O–H groups in total. The number of amides is 1. The first-order valence-corrected chi connectivity index (χ1v) is 25.7. The zero-order valence-corrected chi connectivity index (χ0v) is 40.2. The van der Waals surface area contributed by atoms with Gasteiger partial charge in [-0.05, 0) is 122 Å². The number of oxime groups is 1. The molecule has 6 atom stereocenters. The molecule has 15 heteroatoms. The Bertz CT molecular complexity index is 2180. The molecular weight excluding hydrogens is 887 g/mol. The first-order valence-electron chi connectivity index (χ1n) is 24.5. The molecule has 3 aliphatic carbocycles. The predicted molar refractivity (Wildman–Crippen MR) is 262 cm³/mol. The molecule has 2 fully saturated rings. The highest BCUT2D eigenvalue weighted by Crippen LogP contribution is 2.62. The number of aliphatic hydroxyl groups is 3. The Morgan fingerprint density at radius 3 is 2.38 bits per heavy atom. The monoisotopic (exact) mass is 955 g/mol. The summed E-state index contributed by atoms with van der Waals surface area (Å²) in [6.07, 6.45) is 16.3. The molecule has 0 spiro atoms. The molecule has 3 aromatic rings. The van der Waals surface area contributed by atoms with E-state index in [1.165, 1.54) is 25.0 Å². The summed E-state index contributed by atoms with van der Waals surface area (Å²) in [6.45, 7) is 4.74. The van der Waals surface area contributed by atoms with Crippen LogP contribution >= 0.6 is 11.8 Å². The Morgan fingerprint density at radius 1 is 0.956 bits per heavy atom. The number of carbonyl (C=O) groups excluding carboxylic acids is 1. The van der Waals surface area contributed by atoms with Crippen molar-refractivity contribution >= 4 is 29.1 Å². The van der Waals surface area contributed by atoms with Gasteiger partial charge in [-0.15, -0.1) is 18.3 Å². The SMILES string of the molecule is C=CCO[C@@]12Oc3ccc(Oc4ccc(SC)cc4)cc3[C@H]3[C@H](CCCCO)[C@@H](CCCCO)C=C(C(=NOCc4ccc([N+](=O)[O-])cc4)C[C@@H]1N(CCOCCO)C(=O)CCC1CCCC1)[C@H]32. The van der Waals surface area contributed by atoms with Crippen molar-refractivity contribution in [3.05, 3.63) is 112 Å². The van der Waals surface area contributed by atoms with Crippen molar-refractivity contribution in [2.75, 3.05) is 52.4 Å². The van der Waals surface area contributed by atoms with Crippen LogP contribution in [-0.4, -0.2) is 101 Å². The summed E-state index contributed by atoms with van der Waals surface area (Å²) in [7, 11) is 0. The minimum Gasteiger partial charge on any atom is -0.459 e. The lowest BCUT2D eigenvalue weighted by Gasteiger charge is -2.60. The zero-order valence-electron chi connectivity index (χ0n) is 39.4. The number of thioether (sulfide) groups is 1. The van der Waals surface area contributed by atoms with Crippen LogP contribution in [0, 0.1) is 33.8 Å². The Kier molecular flexibility index (Phi) is 18.9. The Balaban J connectivity index is 1.40. The first-order chi connectivity index (χ1) is 33.2. The van der Waals surface area contributed by atoms with Crippen LogP contribution in [0.15, 0.2) is 101 Å². The van der Waals surface area contributed by atoms with Gasteiger partial charge < -0.3 is 44.0 Å². The highest BCUT2D eigenvalue weighted by Gasteiger charge is 2.65. The number of nitro benzene ring substituents is 1. The number of nitro groups is 1. The van der Waals surface area contributed by atoms with Crippen LogP contribution in [0.1, 0.15) is 101 Å². The molecule has 3 aromatic carbocycles. The fourth-order valence-corrected chi connectivity index (χ4v) is 11.4. The minimum atomic E-state index is -1.45. The van der Waals surface area contributed by atoms with E-state index >= 15 is 4.79 Å². The molecule has 1 aliphatic heterocycles. The normalized spacial score (nSPS) is 23.6. The summed E-state index contributed by atoms with van der Waals surface area (Å²) in [5.41, 5.74) is 3.16. The second-order valence-corrected chi connectivity index (χ2v) is 19.2. The molecular formula is C53H69N3O11S. The van der Waals surface area contributed by atoms with E-state index in [9.17, 15) is 25.4 Å². The third-order valence-corrected chi connectivity index (χ3v) is 14.9. The Labute approximate surface area is 404 Å². The molecule has 0 aromatic heterocycles. The van der Waals surface area contributed by atoms with Crippen LogP contribution in [0.4, 0.5) is 5.69 Å². The van der Waals surface area contributed by atoms with E-state index in [1.54, 1.807) is 30.0 Å². The van der Waals surface area contributed by atoms with Gasteiger partial charge in [0.15, 0.2) is 0 Å². The van der Waals surface area contributed by atoms with E-state index in [2.05, 4.69) is 18.7 Å². The van der Waals surface area contributed by atoms with Gasteiger partial charge in [0.25, 0.3) is 5.69 Å². The molecule has 2 saturated carbocycles. The second-order valence-electron chi connectivity index (χ2n) is 18.4. The van der Waals surface area contributed by atoms with Gasteiger partial charge in [0, 0.05) is 61.1 Å². The van der Waals surface area contributed by atoms with Crippen molar-refractivity contribution < 1.29 is 48.8 Å². The molecule has 14 nitrogen and oxygen atoms in total. The molecule has 1 amide bonds. The van der Waals surface area contributed by atoms with Gasteiger partial charge >= 0.3 is 0 Å². The standard InChI is InChI=1S/C53H69N3O11S/c1-3-30-64-53-49(55(26-31-63-32-29-59)50(60)25-16-37-10-4-5-11-37)35-47(54-65-36-38-14-17-40(18-15-38)56(61)62)45-33-39(12-6-8-27-57)44(13-7-9-28-58)51(52(45)53)46-34-42(21-24-48(46)67-53)66-41-19-22-43(68-2)23-20-41/h3,14-15,17-24,33-34,37,39,44,49,51-52,57-59H,1,4-13,16,25-32,35-36H2,2H3/t39-,44+,49-,51+,52+,53+/m0/s1. The van der Waals surface area contributed by atoms with Crippen molar-refractivity contribution in [3.63, 3.8) is 0 Å². The van der Waals surface area contributed by atoms with E-state index in [0.29, 0.717) is 53.7 Å². The summed E-state index contributed by atoms with van der Waals surface area (Å²) in [6, 6.07) is 19.4. The number of ether oxygens (including phenoxy) is 4. The average Bonchev–Trinajstić information content (AvgIpc) is 3.88. The summed E-state index contributed by atoms with van der Waals surface area (Å²) < 4.78 is 27.0. The van der Waals surface area contributed by atoms with E-state index in [4.69, 9.17) is 28.9 Å². The summed E-state index contributed by atoms with van der Waals surface area (Å²) >= 11 is 1.66. The maximum Gasteiger partial charge on any atom is 0.269 e. The maximum atomic E-state index is 15.0. The number of allylic oxidation sites excluding steroid dienone is 1. The van der Waals surface area contributed by atoms with Gasteiger partial charge in [-0.3, -0.25) is 14.9 Å². The highest BCUT2D eigenvalue weighted by atomic mass is 32.2. The van der Waals surface area contributed by atoms with Crippen LogP contribution in [0.2, 0.25) is 0 Å². The van der Waals surface area contributed by atoms with Crippen molar-refractivity contribution in [2.24, 2.45) is 28.8 Å². The molecule has 4 aliphatic rings. The lowest BCUT2D eigenvalue weighted by molar-refractivity contribution is -0.384. The fraction of sp³-hybridized carbons (Fsp3) is 0.547. The number of rotatable bonds is 27. The van der Waals surface area contributed by atoms with Gasteiger partial charge in [-0.2, -0.15) is 0 Å². The molecule has 368 valence electrons. The Hall–Kier alpha value is -4.77. The van der Waals surface area contributed by atoms with Crippen LogP contribution in [0.5, 0.6) is 17.2 Å². The number of non-ortho nitro benzene ring substituents is 1. The second kappa shape index (κ2) is 25.2. The maximum absolute atomic E-state index is 15.0. The lowest BCUT2D eigenvalue weighted by atomic mass is 9.55. The molecule has 1 heterocycles. The molecule has 68 heavy (non-hydrogen) atoms. The number of nitrogens with zero attached hydrogens (tertiary/aromatic N) is 3. The van der Waals surface area contributed by atoms with Gasteiger partial charge in [-0.25, -0.2) is 0 Å². The molecule has 0 radical (unpaired) electrons. The smallest absolute Gasteiger partial charge is 0.269 e. The number of carbonyl (C=O) groups is 1. The summed E-state index contributed by atoms with van der Waals surface area (Å²) in [5, 5.41) is 46.1. The number of fused-ring (bicyclic) bond motifs is 2. The van der Waals surface area contributed by atoms with Crippen LogP contribution in [-0.2, 0) is 25.7 Å². The average molecular weight is 956 g/mol. The van der Waals surface area contributed by atoms with Gasteiger partial charge in [0.1, 0.15) is 29.9 Å². The van der Waals surface area contributed by atoms with Crippen molar-refractivity contribution in [3.8, 4) is 17.2 Å². The molecule has 7 rings (SSSR count). The van der Waals surface area contributed by atoms with Gasteiger partial charge in [0.05, 0.1) is 43.0 Å². The van der Waals surface area contributed by atoms with Crippen LogP contribution in [0.3, 0.4) is 0 Å². The van der Waals surface area contributed by atoms with E-state index in [0.717, 1.165) is 61.0 Å². The summed E-state index contributed by atoms with van der Waals surface area (Å²) in [5.74, 6) is 0.199. The van der Waals surface area contributed by atoms with Crippen LogP contribution < -0.4 is 9.47 Å². The quantitative estimate of drug-likeness (QED) is 0.0217. The fourth-order valence-electron chi connectivity index (χ4n) is 10.9. The van der Waals surface area contributed by atoms with E-state index in [1.807, 2.05) is 47.6 Å². The summed E-state index contributed by atoms with van der Waals surface area (Å²) in [4.78, 5) is 35.2. The number of aliphatic hydroxyl groups excluding tert-OH is 3. The van der Waals surface area contributed by atoms with Crippen molar-refractivity contribution in [1.82, 2.24) is 4.90 Å². The van der Waals surface area contributed by atoms with Gasteiger partial charge in [-0.1, -0.05) is 55.8 Å². The zero-order chi connectivity index (χ0) is 47.9.